The molecule has 0 aliphatic rings. The average Bonchev–Trinajstić information content (AvgIpc) is 2.41. The van der Waals surface area contributed by atoms with E-state index in [1.807, 2.05) is 20.8 Å². The number of anilines is 2. The van der Waals surface area contributed by atoms with E-state index in [4.69, 9.17) is 0 Å². The van der Waals surface area contributed by atoms with Crippen LogP contribution in [0.5, 0.6) is 0 Å². The highest BCUT2D eigenvalue weighted by Gasteiger charge is 2.20. The number of aliphatic hydroxyl groups excluding tert-OH is 1. The van der Waals surface area contributed by atoms with Crippen molar-refractivity contribution in [2.24, 2.45) is 5.92 Å². The van der Waals surface area contributed by atoms with E-state index in [0.29, 0.717) is 5.82 Å². The van der Waals surface area contributed by atoms with Gasteiger partial charge in [-0.05, 0) is 18.4 Å². The van der Waals surface area contributed by atoms with Gasteiger partial charge in [0.1, 0.15) is 5.82 Å². The molecule has 0 aliphatic carbocycles. The van der Waals surface area contributed by atoms with Crippen LogP contribution in [0, 0.1) is 16.0 Å². The molecule has 0 bridgehead atoms. The molecule has 0 radical (unpaired) electrons. The second kappa shape index (κ2) is 7.64. The summed E-state index contributed by atoms with van der Waals surface area (Å²) in [6.07, 6.45) is 0.937. The van der Waals surface area contributed by atoms with E-state index in [9.17, 15) is 15.2 Å². The number of pyridine rings is 1. The molecule has 0 spiro atoms. The molecule has 1 aromatic heterocycles. The third-order valence-corrected chi connectivity index (χ3v) is 2.95. The first-order chi connectivity index (χ1) is 9.49. The number of nitrogens with zero attached hydrogens (tertiary/aromatic N) is 2. The van der Waals surface area contributed by atoms with Gasteiger partial charge in [0, 0.05) is 12.6 Å². The quantitative estimate of drug-likeness (QED) is 0.499. The van der Waals surface area contributed by atoms with Crippen LogP contribution in [0.15, 0.2) is 12.1 Å². The van der Waals surface area contributed by atoms with Crippen LogP contribution in [0.25, 0.3) is 0 Å². The Labute approximate surface area is 118 Å². The van der Waals surface area contributed by atoms with Crippen LogP contribution in [0.2, 0.25) is 0 Å². The summed E-state index contributed by atoms with van der Waals surface area (Å²) in [5.41, 5.74) is -0.0915. The van der Waals surface area contributed by atoms with Gasteiger partial charge in [-0.1, -0.05) is 20.8 Å². The van der Waals surface area contributed by atoms with Gasteiger partial charge in [0.2, 0.25) is 5.82 Å². The Morgan fingerprint density at radius 3 is 2.65 bits per heavy atom. The molecule has 0 saturated carbocycles. The summed E-state index contributed by atoms with van der Waals surface area (Å²) >= 11 is 0. The molecule has 1 unspecified atom stereocenters. The average molecular weight is 282 g/mol. The van der Waals surface area contributed by atoms with Crippen molar-refractivity contribution in [2.75, 3.05) is 23.8 Å². The largest absolute Gasteiger partial charge is 0.394 e. The molecule has 0 fully saturated rings. The predicted molar refractivity (Wildman–Crippen MR) is 79.0 cm³/mol. The summed E-state index contributed by atoms with van der Waals surface area (Å²) in [6.45, 7) is 6.52. The number of aromatic nitrogens is 1. The molecule has 0 saturated heterocycles. The molecule has 7 nitrogen and oxygen atoms in total. The first kappa shape index (κ1) is 16.2. The Hall–Kier alpha value is -1.89. The zero-order chi connectivity index (χ0) is 15.1. The van der Waals surface area contributed by atoms with E-state index in [2.05, 4.69) is 15.6 Å². The lowest BCUT2D eigenvalue weighted by Gasteiger charge is -2.20. The molecule has 0 aromatic carbocycles. The van der Waals surface area contributed by atoms with Crippen molar-refractivity contribution in [3.05, 3.63) is 22.2 Å². The Balaban J connectivity index is 3.01. The number of hydrogen-bond acceptors (Lipinski definition) is 6. The zero-order valence-electron chi connectivity index (χ0n) is 12.1. The summed E-state index contributed by atoms with van der Waals surface area (Å²) < 4.78 is 0. The highest BCUT2D eigenvalue weighted by molar-refractivity contribution is 5.60. The maximum Gasteiger partial charge on any atom is 0.311 e. The second-order valence-corrected chi connectivity index (χ2v) is 4.93. The first-order valence-corrected chi connectivity index (χ1v) is 6.76. The van der Waals surface area contributed by atoms with Gasteiger partial charge in [0.05, 0.1) is 17.6 Å². The SMILES string of the molecule is CCCNc1ccc([N+](=O)[O-])c(NC(CO)C(C)C)n1. The number of aliphatic hydroxyl groups is 1. The van der Waals surface area contributed by atoms with Crippen LogP contribution in [-0.4, -0.2) is 34.2 Å². The number of nitro groups is 1. The van der Waals surface area contributed by atoms with Crippen LogP contribution in [0.3, 0.4) is 0 Å². The van der Waals surface area contributed by atoms with Gasteiger partial charge in [-0.25, -0.2) is 4.98 Å². The highest BCUT2D eigenvalue weighted by Crippen LogP contribution is 2.25. The Morgan fingerprint density at radius 1 is 1.45 bits per heavy atom. The maximum atomic E-state index is 11.0. The van der Waals surface area contributed by atoms with E-state index >= 15 is 0 Å². The third-order valence-electron chi connectivity index (χ3n) is 2.95. The summed E-state index contributed by atoms with van der Waals surface area (Å²) in [6, 6.07) is 2.73. The van der Waals surface area contributed by atoms with Crippen molar-refractivity contribution < 1.29 is 10.0 Å². The van der Waals surface area contributed by atoms with E-state index in [0.717, 1.165) is 13.0 Å². The standard InChI is InChI=1S/C13H22N4O3/c1-4-7-14-12-6-5-11(17(19)20)13(16-12)15-10(8-18)9(2)3/h5-6,9-10,18H,4,7-8H2,1-3H3,(H2,14,15,16). The molecule has 0 aliphatic heterocycles. The Kier molecular flexibility index (Phi) is 6.17. The van der Waals surface area contributed by atoms with E-state index in [-0.39, 0.29) is 30.1 Å². The van der Waals surface area contributed by atoms with Gasteiger partial charge in [0.25, 0.3) is 0 Å². The summed E-state index contributed by atoms with van der Waals surface area (Å²) in [7, 11) is 0. The third kappa shape index (κ3) is 4.34. The van der Waals surface area contributed by atoms with Crippen LogP contribution in [0.1, 0.15) is 27.2 Å². The van der Waals surface area contributed by atoms with E-state index in [1.165, 1.54) is 6.07 Å². The lowest BCUT2D eigenvalue weighted by atomic mass is 10.1. The number of hydrogen-bond donors (Lipinski definition) is 3. The molecular formula is C13H22N4O3. The van der Waals surface area contributed by atoms with Crippen molar-refractivity contribution in [1.82, 2.24) is 4.98 Å². The summed E-state index contributed by atoms with van der Waals surface area (Å²) in [5, 5.41) is 26.4. The van der Waals surface area contributed by atoms with Crippen LogP contribution < -0.4 is 10.6 Å². The summed E-state index contributed by atoms with van der Waals surface area (Å²) in [5.74, 6) is 0.901. The molecule has 1 heterocycles. The van der Waals surface area contributed by atoms with Crippen molar-refractivity contribution in [2.45, 2.75) is 33.2 Å². The normalized spacial score (nSPS) is 12.2. The molecule has 1 rings (SSSR count). The lowest BCUT2D eigenvalue weighted by Crippen LogP contribution is -2.30. The van der Waals surface area contributed by atoms with E-state index in [1.54, 1.807) is 6.07 Å². The van der Waals surface area contributed by atoms with Gasteiger partial charge in [-0.2, -0.15) is 0 Å². The molecule has 1 atom stereocenters. The van der Waals surface area contributed by atoms with Gasteiger partial charge in [-0.15, -0.1) is 0 Å². The Bertz CT molecular complexity index is 451. The van der Waals surface area contributed by atoms with Crippen LogP contribution in [0.4, 0.5) is 17.3 Å². The van der Waals surface area contributed by atoms with Gasteiger partial charge >= 0.3 is 5.69 Å². The van der Waals surface area contributed by atoms with Gasteiger partial charge in [-0.3, -0.25) is 10.1 Å². The number of nitrogens with one attached hydrogen (secondary N) is 2. The topological polar surface area (TPSA) is 100 Å². The molecule has 112 valence electrons. The molecule has 0 amide bonds. The van der Waals surface area contributed by atoms with Crippen molar-refractivity contribution in [3.63, 3.8) is 0 Å². The van der Waals surface area contributed by atoms with Crippen molar-refractivity contribution >= 4 is 17.3 Å². The Morgan fingerprint density at radius 2 is 2.15 bits per heavy atom. The minimum Gasteiger partial charge on any atom is -0.394 e. The fourth-order valence-corrected chi connectivity index (χ4v) is 1.66. The minimum atomic E-state index is -0.478. The molecule has 1 aromatic rings. The molecular weight excluding hydrogens is 260 g/mol. The van der Waals surface area contributed by atoms with Crippen molar-refractivity contribution in [1.29, 1.82) is 0 Å². The first-order valence-electron chi connectivity index (χ1n) is 6.76. The lowest BCUT2D eigenvalue weighted by molar-refractivity contribution is -0.384. The second-order valence-electron chi connectivity index (χ2n) is 4.93. The van der Waals surface area contributed by atoms with E-state index < -0.39 is 4.92 Å². The maximum absolute atomic E-state index is 11.0. The fraction of sp³-hybridized carbons (Fsp3) is 0.615. The minimum absolute atomic E-state index is 0.0915. The number of rotatable bonds is 8. The fourth-order valence-electron chi connectivity index (χ4n) is 1.66. The summed E-state index contributed by atoms with van der Waals surface area (Å²) in [4.78, 5) is 14.8. The molecule has 7 heteroatoms. The monoisotopic (exact) mass is 282 g/mol. The molecule has 3 N–H and O–H groups in total. The smallest absolute Gasteiger partial charge is 0.311 e. The van der Waals surface area contributed by atoms with Crippen molar-refractivity contribution in [3.8, 4) is 0 Å². The van der Waals surface area contributed by atoms with Crippen LogP contribution in [-0.2, 0) is 0 Å². The predicted octanol–water partition coefficient (Wildman–Crippen LogP) is 2.24. The van der Waals surface area contributed by atoms with Crippen LogP contribution >= 0.6 is 0 Å². The zero-order valence-corrected chi connectivity index (χ0v) is 12.1. The van der Waals surface area contributed by atoms with Gasteiger partial charge in [0.15, 0.2) is 0 Å². The highest BCUT2D eigenvalue weighted by atomic mass is 16.6. The molecule has 20 heavy (non-hydrogen) atoms. The van der Waals surface area contributed by atoms with Gasteiger partial charge < -0.3 is 15.7 Å².